The van der Waals surface area contributed by atoms with Crippen LogP contribution in [0.2, 0.25) is 5.04 Å². The molecule has 2 heterocycles. The van der Waals surface area contributed by atoms with Crippen LogP contribution in [0.4, 0.5) is 0 Å². The van der Waals surface area contributed by atoms with E-state index in [1.165, 1.54) is 0 Å². The standard InChI is InChI=1S/C43H56N4O6Si/c1-30-39(49)46-36(29-32-19-10-6-11-20-32)42(52)47-28-18-26-37(47)41(51)45-35(40(50)44-30)25-16-9-17-27-38(48)31(2)53-54(43(3,4)5,33-21-12-7-13-22-33)34-23-14-8-15-24-34/h6-8,10-15,19-24,30-31,35-37H,9,16-18,25-29H2,1-5H3,(H,44,50)(H,45,51)(H,46,49)/t30-,31-,35+,36?,37-/m1/s1. The first-order valence-electron chi connectivity index (χ1n) is 19.4. The number of carbonyl (C=O) groups is 5. The summed E-state index contributed by atoms with van der Waals surface area (Å²) in [6.07, 6.45) is 3.25. The molecule has 0 radical (unpaired) electrons. The first-order valence-corrected chi connectivity index (χ1v) is 21.3. The Hall–Kier alpha value is -4.61. The van der Waals surface area contributed by atoms with Gasteiger partial charge >= 0.3 is 0 Å². The molecule has 2 aliphatic rings. The number of Topliss-reactive ketones (excluding diaryl/α,β-unsaturated/α-hetero) is 1. The maximum atomic E-state index is 13.8. The van der Waals surface area contributed by atoms with Gasteiger partial charge in [-0.05, 0) is 60.5 Å². The molecule has 3 aromatic rings. The monoisotopic (exact) mass is 752 g/mol. The third kappa shape index (κ3) is 9.54. The Labute approximate surface area is 320 Å². The van der Waals surface area contributed by atoms with Crippen molar-refractivity contribution in [3.8, 4) is 0 Å². The van der Waals surface area contributed by atoms with Crippen molar-refractivity contribution in [1.82, 2.24) is 20.9 Å². The van der Waals surface area contributed by atoms with Crippen LogP contribution in [0.5, 0.6) is 0 Å². The third-order valence-corrected chi connectivity index (χ3v) is 15.9. The summed E-state index contributed by atoms with van der Waals surface area (Å²) in [6, 6.07) is 26.5. The molecule has 0 aromatic heterocycles. The first-order chi connectivity index (χ1) is 25.8. The maximum Gasteiger partial charge on any atom is 0.262 e. The van der Waals surface area contributed by atoms with E-state index in [1.807, 2.05) is 73.7 Å². The molecule has 5 atom stereocenters. The summed E-state index contributed by atoms with van der Waals surface area (Å²) in [6.45, 7) is 10.4. The molecule has 10 nitrogen and oxygen atoms in total. The molecular weight excluding hydrogens is 697 g/mol. The molecule has 11 heteroatoms. The SMILES string of the molecule is C[C@H]1NC(=O)[C@H](CCCCCC(=O)[C@@H](C)O[Si](c2ccccc2)(c2ccccc2)C(C)(C)C)NC(=O)[C@H]2CCCN2C(=O)C(Cc2ccccc2)NC1=O. The highest BCUT2D eigenvalue weighted by atomic mass is 28.4. The Morgan fingerprint density at radius 1 is 0.778 bits per heavy atom. The van der Waals surface area contributed by atoms with Gasteiger partial charge in [-0.1, -0.05) is 125 Å². The Morgan fingerprint density at radius 3 is 1.94 bits per heavy atom. The van der Waals surface area contributed by atoms with Crippen LogP contribution in [-0.2, 0) is 34.8 Å². The second-order valence-corrected chi connectivity index (χ2v) is 20.0. The normalized spacial score (nSPS) is 21.9. The van der Waals surface area contributed by atoms with E-state index in [9.17, 15) is 24.0 Å². The van der Waals surface area contributed by atoms with Crippen LogP contribution in [0.3, 0.4) is 0 Å². The minimum absolute atomic E-state index is 0.0245. The van der Waals surface area contributed by atoms with E-state index in [0.717, 1.165) is 15.9 Å². The lowest BCUT2D eigenvalue weighted by molar-refractivity contribution is -0.143. The number of amides is 4. The molecule has 3 N–H and O–H groups in total. The van der Waals surface area contributed by atoms with Crippen molar-refractivity contribution < 1.29 is 28.4 Å². The van der Waals surface area contributed by atoms with Crippen LogP contribution < -0.4 is 26.3 Å². The van der Waals surface area contributed by atoms with E-state index in [0.29, 0.717) is 51.5 Å². The van der Waals surface area contributed by atoms with Gasteiger partial charge < -0.3 is 25.3 Å². The Balaban J connectivity index is 1.21. The molecule has 5 rings (SSSR count). The highest BCUT2D eigenvalue weighted by Gasteiger charge is 2.51. The molecule has 2 saturated heterocycles. The van der Waals surface area contributed by atoms with E-state index in [1.54, 1.807) is 11.8 Å². The smallest absolute Gasteiger partial charge is 0.262 e. The lowest BCUT2D eigenvalue weighted by atomic mass is 10.0. The summed E-state index contributed by atoms with van der Waals surface area (Å²) in [5.41, 5.74) is 0.878. The molecule has 3 aromatic carbocycles. The topological polar surface area (TPSA) is 134 Å². The molecule has 0 aliphatic carbocycles. The fourth-order valence-corrected chi connectivity index (χ4v) is 12.5. The largest absolute Gasteiger partial charge is 0.398 e. The molecule has 4 amide bonds. The summed E-state index contributed by atoms with van der Waals surface area (Å²) < 4.78 is 7.01. The quantitative estimate of drug-likeness (QED) is 0.177. The zero-order valence-corrected chi connectivity index (χ0v) is 33.3. The number of unbranched alkanes of at least 4 members (excludes halogenated alkanes) is 2. The zero-order chi connectivity index (χ0) is 38.9. The van der Waals surface area contributed by atoms with Crippen molar-refractivity contribution in [2.45, 2.75) is 121 Å². The third-order valence-electron chi connectivity index (χ3n) is 10.8. The molecule has 0 bridgehead atoms. The number of ketones is 1. The Morgan fingerprint density at radius 2 is 1.35 bits per heavy atom. The summed E-state index contributed by atoms with van der Waals surface area (Å²) in [7, 11) is -2.89. The minimum atomic E-state index is -2.89. The fourth-order valence-electron chi connectivity index (χ4n) is 7.82. The van der Waals surface area contributed by atoms with Gasteiger partial charge in [-0.2, -0.15) is 0 Å². The van der Waals surface area contributed by atoms with Crippen molar-refractivity contribution >= 4 is 48.1 Å². The van der Waals surface area contributed by atoms with E-state index >= 15 is 0 Å². The van der Waals surface area contributed by atoms with Gasteiger partial charge in [-0.15, -0.1) is 0 Å². The lowest BCUT2D eigenvalue weighted by Gasteiger charge is -2.44. The molecule has 2 fully saturated rings. The van der Waals surface area contributed by atoms with Crippen LogP contribution in [0.25, 0.3) is 0 Å². The number of benzene rings is 3. The van der Waals surface area contributed by atoms with Crippen molar-refractivity contribution in [3.05, 3.63) is 96.6 Å². The van der Waals surface area contributed by atoms with Crippen LogP contribution in [0.15, 0.2) is 91.0 Å². The molecule has 2 aliphatic heterocycles. The van der Waals surface area contributed by atoms with E-state index in [4.69, 9.17) is 4.43 Å². The molecular formula is C43H56N4O6Si. The van der Waals surface area contributed by atoms with Gasteiger partial charge in [0.1, 0.15) is 30.3 Å². The predicted molar refractivity (Wildman–Crippen MR) is 213 cm³/mol. The lowest BCUT2D eigenvalue weighted by Crippen LogP contribution is -2.68. The van der Waals surface area contributed by atoms with Crippen LogP contribution in [-0.4, -0.2) is 79.4 Å². The van der Waals surface area contributed by atoms with Gasteiger partial charge in [0, 0.05) is 19.4 Å². The number of hydrogen-bond donors (Lipinski definition) is 3. The number of nitrogens with one attached hydrogen (secondary N) is 3. The molecule has 0 spiro atoms. The van der Waals surface area contributed by atoms with Gasteiger partial charge in [0.05, 0.1) is 0 Å². The second-order valence-electron chi connectivity index (χ2n) is 15.7. The van der Waals surface area contributed by atoms with Crippen LogP contribution in [0.1, 0.15) is 85.1 Å². The van der Waals surface area contributed by atoms with Gasteiger partial charge in [0.2, 0.25) is 23.6 Å². The van der Waals surface area contributed by atoms with E-state index in [-0.39, 0.29) is 29.1 Å². The predicted octanol–water partition coefficient (Wildman–Crippen LogP) is 4.19. The summed E-state index contributed by atoms with van der Waals surface area (Å²) in [5.74, 6) is -1.57. The first kappa shape index (κ1) is 40.6. The van der Waals surface area contributed by atoms with E-state index < -0.39 is 50.4 Å². The minimum Gasteiger partial charge on any atom is -0.398 e. The highest BCUT2D eigenvalue weighted by Crippen LogP contribution is 2.37. The number of fused-ring (bicyclic) bond motifs is 1. The van der Waals surface area contributed by atoms with E-state index in [2.05, 4.69) is 61.0 Å². The van der Waals surface area contributed by atoms with Crippen molar-refractivity contribution in [3.63, 3.8) is 0 Å². The number of hydrogen-bond acceptors (Lipinski definition) is 6. The average Bonchev–Trinajstić information content (AvgIpc) is 3.66. The Bertz CT molecular complexity index is 1710. The number of carbonyl (C=O) groups excluding carboxylic acids is 5. The van der Waals surface area contributed by atoms with Crippen molar-refractivity contribution in [2.75, 3.05) is 6.54 Å². The summed E-state index contributed by atoms with van der Waals surface area (Å²) in [4.78, 5) is 69.4. The van der Waals surface area contributed by atoms with Gasteiger partial charge in [-0.25, -0.2) is 0 Å². The highest BCUT2D eigenvalue weighted by molar-refractivity contribution is 6.99. The zero-order valence-electron chi connectivity index (χ0n) is 32.3. The van der Waals surface area contributed by atoms with Gasteiger partial charge in [-0.3, -0.25) is 24.0 Å². The molecule has 1 unspecified atom stereocenters. The van der Waals surface area contributed by atoms with Crippen LogP contribution >= 0.6 is 0 Å². The maximum absolute atomic E-state index is 13.8. The number of rotatable bonds is 13. The molecule has 288 valence electrons. The molecule has 0 saturated carbocycles. The van der Waals surface area contributed by atoms with Gasteiger partial charge in [0.15, 0.2) is 5.78 Å². The number of nitrogens with zero attached hydrogens (tertiary/aromatic N) is 1. The Kier molecular flexibility index (Phi) is 13.6. The van der Waals surface area contributed by atoms with Crippen molar-refractivity contribution in [2.24, 2.45) is 0 Å². The summed E-state index contributed by atoms with van der Waals surface area (Å²) >= 11 is 0. The fraction of sp³-hybridized carbons (Fsp3) is 0.465. The summed E-state index contributed by atoms with van der Waals surface area (Å²) in [5, 5.41) is 10.5. The van der Waals surface area contributed by atoms with Gasteiger partial charge in [0.25, 0.3) is 8.32 Å². The van der Waals surface area contributed by atoms with Crippen LogP contribution in [0, 0.1) is 0 Å². The van der Waals surface area contributed by atoms with Crippen molar-refractivity contribution in [1.29, 1.82) is 0 Å². The molecule has 54 heavy (non-hydrogen) atoms. The second kappa shape index (κ2) is 18.1. The average molecular weight is 753 g/mol.